The largest absolute Gasteiger partial charge is 0.456 e. The summed E-state index contributed by atoms with van der Waals surface area (Å²) in [6.45, 7) is 0. The zero-order valence-corrected chi connectivity index (χ0v) is 34.4. The van der Waals surface area contributed by atoms with E-state index in [1.54, 1.807) is 0 Å². The Hall–Kier alpha value is -8.40. The van der Waals surface area contributed by atoms with Gasteiger partial charge in [-0.3, -0.25) is 0 Å². The molecule has 1 aromatic heterocycles. The Kier molecular flexibility index (Phi) is 8.83. The number of fused-ring (bicyclic) bond motifs is 8. The third-order valence-electron chi connectivity index (χ3n) is 12.4. The molecule has 0 unspecified atom stereocenters. The van der Waals surface area contributed by atoms with Crippen LogP contribution in [-0.4, -0.2) is 0 Å². The van der Waals surface area contributed by atoms with Crippen molar-refractivity contribution in [2.24, 2.45) is 0 Å². The van der Waals surface area contributed by atoms with E-state index in [4.69, 9.17) is 4.42 Å². The van der Waals surface area contributed by atoms with Crippen molar-refractivity contribution in [3.05, 3.63) is 243 Å². The van der Waals surface area contributed by atoms with Gasteiger partial charge in [0, 0.05) is 50.4 Å². The topological polar surface area (TPSA) is 19.6 Å². The summed E-state index contributed by atoms with van der Waals surface area (Å²) in [4.78, 5) is 4.73. The number of hydrogen-bond acceptors (Lipinski definition) is 3. The highest BCUT2D eigenvalue weighted by atomic mass is 16.3. The molecule has 0 aliphatic heterocycles. The molecule has 0 amide bonds. The molecule has 0 atom stereocenters. The molecule has 12 rings (SSSR count). The Bertz CT molecular complexity index is 3560. The van der Waals surface area contributed by atoms with Crippen LogP contribution in [0.25, 0.3) is 76.5 Å². The summed E-state index contributed by atoms with van der Waals surface area (Å²) in [7, 11) is 0. The van der Waals surface area contributed by atoms with E-state index in [2.05, 4.69) is 252 Å². The van der Waals surface area contributed by atoms with Crippen LogP contribution in [0.1, 0.15) is 0 Å². The first-order valence-corrected chi connectivity index (χ1v) is 21.5. The number of furan rings is 1. The highest BCUT2D eigenvalue weighted by Gasteiger charge is 2.23. The average Bonchev–Trinajstić information content (AvgIpc) is 3.75. The van der Waals surface area contributed by atoms with Gasteiger partial charge in [-0.2, -0.15) is 0 Å². The molecule has 0 spiro atoms. The Balaban J connectivity index is 1.05. The van der Waals surface area contributed by atoms with Crippen molar-refractivity contribution in [1.82, 2.24) is 0 Å². The standard InChI is InChI=1S/C60H40N2O/c1-4-16-41(17-5-1)42-28-33-48(34-29-42)62(56-40-58-60(54-27-15-14-26-53(54)56)59-50-23-11-10-18-43(50)32-39-57(59)63-58)55-38-37-49(51-24-12-13-25-52(51)55)44-30-35-47(36-31-44)61(45-19-6-2-7-20-45)46-21-8-3-9-22-46/h1-40H. The second kappa shape index (κ2) is 15.3. The van der Waals surface area contributed by atoms with Gasteiger partial charge in [-0.15, -0.1) is 0 Å². The van der Waals surface area contributed by atoms with Gasteiger partial charge in [0.25, 0.3) is 0 Å². The molecule has 1 heterocycles. The van der Waals surface area contributed by atoms with E-state index in [-0.39, 0.29) is 0 Å². The second-order valence-corrected chi connectivity index (χ2v) is 16.1. The van der Waals surface area contributed by atoms with E-state index >= 15 is 0 Å². The van der Waals surface area contributed by atoms with Crippen LogP contribution in [0, 0.1) is 0 Å². The van der Waals surface area contributed by atoms with Crippen molar-refractivity contribution in [3.63, 3.8) is 0 Å². The molecule has 296 valence electrons. The summed E-state index contributed by atoms with van der Waals surface area (Å²) in [5.74, 6) is 0. The molecular weight excluding hydrogens is 765 g/mol. The van der Waals surface area contributed by atoms with E-state index < -0.39 is 0 Å². The van der Waals surface area contributed by atoms with Crippen LogP contribution in [0.4, 0.5) is 34.1 Å². The maximum Gasteiger partial charge on any atom is 0.138 e. The molecule has 63 heavy (non-hydrogen) atoms. The van der Waals surface area contributed by atoms with Crippen molar-refractivity contribution in [2.45, 2.75) is 0 Å². The fourth-order valence-electron chi connectivity index (χ4n) is 9.53. The van der Waals surface area contributed by atoms with Crippen LogP contribution < -0.4 is 9.80 Å². The lowest BCUT2D eigenvalue weighted by molar-refractivity contribution is 0.669. The van der Waals surface area contributed by atoms with Crippen LogP contribution in [0.5, 0.6) is 0 Å². The lowest BCUT2D eigenvalue weighted by Gasteiger charge is -2.29. The van der Waals surface area contributed by atoms with Gasteiger partial charge in [0.05, 0.1) is 11.4 Å². The zero-order valence-electron chi connectivity index (χ0n) is 34.4. The maximum absolute atomic E-state index is 6.83. The number of para-hydroxylation sites is 2. The van der Waals surface area contributed by atoms with Gasteiger partial charge in [-0.25, -0.2) is 0 Å². The van der Waals surface area contributed by atoms with Gasteiger partial charge < -0.3 is 14.2 Å². The summed E-state index contributed by atoms with van der Waals surface area (Å²) in [6.07, 6.45) is 0. The Morgan fingerprint density at radius 1 is 0.270 bits per heavy atom. The lowest BCUT2D eigenvalue weighted by atomic mass is 9.95. The van der Waals surface area contributed by atoms with Crippen LogP contribution >= 0.6 is 0 Å². The first kappa shape index (κ1) is 36.5. The molecule has 0 saturated heterocycles. The van der Waals surface area contributed by atoms with Gasteiger partial charge in [-0.05, 0) is 104 Å². The molecule has 0 saturated carbocycles. The molecule has 3 heteroatoms. The van der Waals surface area contributed by atoms with E-state index in [1.165, 1.54) is 32.8 Å². The smallest absolute Gasteiger partial charge is 0.138 e. The normalized spacial score (nSPS) is 11.5. The average molecular weight is 805 g/mol. The van der Waals surface area contributed by atoms with Gasteiger partial charge in [0.15, 0.2) is 0 Å². The summed E-state index contributed by atoms with van der Waals surface area (Å²) in [6, 6.07) is 87.0. The Morgan fingerprint density at radius 3 is 1.41 bits per heavy atom. The van der Waals surface area contributed by atoms with Gasteiger partial charge in [0.2, 0.25) is 0 Å². The molecule has 0 aliphatic carbocycles. The van der Waals surface area contributed by atoms with Crippen LogP contribution in [0.3, 0.4) is 0 Å². The third kappa shape index (κ3) is 6.29. The highest BCUT2D eigenvalue weighted by Crippen LogP contribution is 2.48. The minimum Gasteiger partial charge on any atom is -0.456 e. The van der Waals surface area contributed by atoms with E-state index in [0.717, 1.165) is 77.8 Å². The minimum absolute atomic E-state index is 0.863. The number of benzene rings is 11. The molecule has 0 aliphatic rings. The van der Waals surface area contributed by atoms with Gasteiger partial charge in [-0.1, -0.05) is 176 Å². The first-order valence-electron chi connectivity index (χ1n) is 21.5. The lowest BCUT2D eigenvalue weighted by Crippen LogP contribution is -2.11. The number of hydrogen-bond donors (Lipinski definition) is 0. The summed E-state index contributed by atoms with van der Waals surface area (Å²) in [5.41, 5.74) is 13.0. The fourth-order valence-corrected chi connectivity index (χ4v) is 9.53. The molecule has 0 radical (unpaired) electrons. The van der Waals surface area contributed by atoms with E-state index in [0.29, 0.717) is 0 Å². The van der Waals surface area contributed by atoms with Crippen LogP contribution in [0.2, 0.25) is 0 Å². The van der Waals surface area contributed by atoms with E-state index in [9.17, 15) is 0 Å². The summed E-state index contributed by atoms with van der Waals surface area (Å²) < 4.78 is 6.83. The molecule has 0 bridgehead atoms. The highest BCUT2D eigenvalue weighted by molar-refractivity contribution is 6.28. The van der Waals surface area contributed by atoms with Crippen molar-refractivity contribution in [2.75, 3.05) is 9.80 Å². The SMILES string of the molecule is c1ccc(-c2ccc(N(c3ccc(-c4ccc(N(c5ccccc5)c5ccccc5)cc4)c4ccccc34)c3cc4oc5ccc6ccccc6c5c4c4ccccc34)cc2)cc1. The summed E-state index contributed by atoms with van der Waals surface area (Å²) >= 11 is 0. The van der Waals surface area contributed by atoms with Gasteiger partial charge >= 0.3 is 0 Å². The first-order chi connectivity index (χ1) is 31.3. The Labute approximate surface area is 365 Å². The molecule has 0 fully saturated rings. The van der Waals surface area contributed by atoms with Crippen LogP contribution in [-0.2, 0) is 0 Å². The number of nitrogens with zero attached hydrogens (tertiary/aromatic N) is 2. The molecule has 12 aromatic rings. The molecular formula is C60H40N2O. The zero-order chi connectivity index (χ0) is 41.7. The van der Waals surface area contributed by atoms with Crippen molar-refractivity contribution in [1.29, 1.82) is 0 Å². The predicted octanol–water partition coefficient (Wildman–Crippen LogP) is 17.3. The predicted molar refractivity (Wildman–Crippen MR) is 266 cm³/mol. The molecule has 11 aromatic carbocycles. The van der Waals surface area contributed by atoms with Crippen molar-refractivity contribution >= 4 is 88.4 Å². The number of anilines is 6. The summed E-state index contributed by atoms with van der Waals surface area (Å²) in [5, 5.41) is 9.33. The van der Waals surface area contributed by atoms with Gasteiger partial charge in [0.1, 0.15) is 11.2 Å². The monoisotopic (exact) mass is 804 g/mol. The fraction of sp³-hybridized carbons (Fsp3) is 0. The maximum atomic E-state index is 6.83. The van der Waals surface area contributed by atoms with E-state index in [1.807, 2.05) is 0 Å². The number of rotatable bonds is 8. The quantitative estimate of drug-likeness (QED) is 0.153. The third-order valence-corrected chi connectivity index (χ3v) is 12.4. The minimum atomic E-state index is 0.863. The van der Waals surface area contributed by atoms with Crippen molar-refractivity contribution < 1.29 is 4.42 Å². The van der Waals surface area contributed by atoms with Crippen LogP contribution in [0.15, 0.2) is 247 Å². The second-order valence-electron chi connectivity index (χ2n) is 16.1. The molecule has 0 N–H and O–H groups in total. The molecule has 3 nitrogen and oxygen atoms in total. The van der Waals surface area contributed by atoms with Crippen molar-refractivity contribution in [3.8, 4) is 22.3 Å². The Morgan fingerprint density at radius 2 is 0.746 bits per heavy atom.